The van der Waals surface area contributed by atoms with Gasteiger partial charge in [0.05, 0.1) is 19.6 Å². The van der Waals surface area contributed by atoms with Crippen LogP contribution in [0.3, 0.4) is 0 Å². The molecule has 0 bridgehead atoms. The Kier molecular flexibility index (Phi) is 3.57. The number of carbonyl (C=O) groups excluding carboxylic acids is 1. The molecular formula is C18H17N3O3. The third-order valence-corrected chi connectivity index (χ3v) is 4.29. The standard InChI is InChI=1S/C18H17N3O3/c1-23-16-7-3-2-6-13(16)14-9-17(22)20-18-15(14)10-19-21(18)11-12-5-4-8-24-12/h2-8,10,14H,9,11H2,1H3,(H,20,22)/t14-/m0/s1. The lowest BCUT2D eigenvalue weighted by atomic mass is 9.87. The highest BCUT2D eigenvalue weighted by molar-refractivity contribution is 5.94. The van der Waals surface area contributed by atoms with E-state index in [2.05, 4.69) is 10.4 Å². The number of carbonyl (C=O) groups is 1. The quantitative estimate of drug-likeness (QED) is 0.801. The lowest BCUT2D eigenvalue weighted by Crippen LogP contribution is -2.25. The fourth-order valence-corrected chi connectivity index (χ4v) is 3.17. The zero-order chi connectivity index (χ0) is 16.5. The third-order valence-electron chi connectivity index (χ3n) is 4.29. The van der Waals surface area contributed by atoms with Crippen molar-refractivity contribution in [2.24, 2.45) is 0 Å². The molecule has 1 aromatic carbocycles. The number of para-hydroxylation sites is 1. The van der Waals surface area contributed by atoms with Gasteiger partial charge < -0.3 is 14.5 Å². The smallest absolute Gasteiger partial charge is 0.226 e. The zero-order valence-corrected chi connectivity index (χ0v) is 13.2. The van der Waals surface area contributed by atoms with Crippen LogP contribution >= 0.6 is 0 Å². The molecule has 0 radical (unpaired) electrons. The number of nitrogens with zero attached hydrogens (tertiary/aromatic N) is 2. The van der Waals surface area contributed by atoms with Gasteiger partial charge in [-0.25, -0.2) is 4.68 Å². The van der Waals surface area contributed by atoms with Crippen LogP contribution in [0.1, 0.15) is 29.2 Å². The van der Waals surface area contributed by atoms with Gasteiger partial charge in [0.1, 0.15) is 23.9 Å². The second kappa shape index (κ2) is 5.88. The van der Waals surface area contributed by atoms with E-state index in [1.54, 1.807) is 18.1 Å². The van der Waals surface area contributed by atoms with E-state index >= 15 is 0 Å². The van der Waals surface area contributed by atoms with Gasteiger partial charge in [0.15, 0.2) is 0 Å². The van der Waals surface area contributed by atoms with Gasteiger partial charge in [-0.3, -0.25) is 4.79 Å². The predicted molar refractivity (Wildman–Crippen MR) is 88.1 cm³/mol. The Balaban J connectivity index is 1.75. The van der Waals surface area contributed by atoms with Crippen LogP contribution in [0.2, 0.25) is 0 Å². The van der Waals surface area contributed by atoms with Gasteiger partial charge in [-0.1, -0.05) is 18.2 Å². The summed E-state index contributed by atoms with van der Waals surface area (Å²) in [5, 5.41) is 7.38. The summed E-state index contributed by atoms with van der Waals surface area (Å²) in [4.78, 5) is 12.2. The summed E-state index contributed by atoms with van der Waals surface area (Å²) in [6, 6.07) is 11.5. The highest BCUT2D eigenvalue weighted by Crippen LogP contribution is 2.40. The molecule has 0 saturated heterocycles. The fourth-order valence-electron chi connectivity index (χ4n) is 3.17. The van der Waals surface area contributed by atoms with Crippen molar-refractivity contribution in [1.82, 2.24) is 9.78 Å². The largest absolute Gasteiger partial charge is 0.496 e. The first-order valence-corrected chi connectivity index (χ1v) is 7.77. The molecule has 1 aliphatic heterocycles. The van der Waals surface area contributed by atoms with Gasteiger partial charge in [-0.15, -0.1) is 0 Å². The number of nitrogens with one attached hydrogen (secondary N) is 1. The number of hydrogen-bond acceptors (Lipinski definition) is 4. The predicted octanol–water partition coefficient (Wildman–Crippen LogP) is 3.01. The first kappa shape index (κ1) is 14.6. The minimum Gasteiger partial charge on any atom is -0.496 e. The fraction of sp³-hybridized carbons (Fsp3) is 0.222. The number of ether oxygens (including phenoxy) is 1. The van der Waals surface area contributed by atoms with Crippen molar-refractivity contribution >= 4 is 11.7 Å². The molecule has 0 unspecified atom stereocenters. The van der Waals surface area contributed by atoms with E-state index in [-0.39, 0.29) is 11.8 Å². The van der Waals surface area contributed by atoms with Crippen LogP contribution in [-0.4, -0.2) is 22.8 Å². The summed E-state index contributed by atoms with van der Waals surface area (Å²) in [7, 11) is 1.64. The van der Waals surface area contributed by atoms with Gasteiger partial charge in [0.25, 0.3) is 0 Å². The molecular weight excluding hydrogens is 306 g/mol. The summed E-state index contributed by atoms with van der Waals surface area (Å²) >= 11 is 0. The number of amides is 1. The number of rotatable bonds is 4. The second-order valence-corrected chi connectivity index (χ2v) is 5.73. The summed E-state index contributed by atoms with van der Waals surface area (Å²) in [6.07, 6.45) is 3.82. The Morgan fingerprint density at radius 2 is 2.17 bits per heavy atom. The maximum Gasteiger partial charge on any atom is 0.226 e. The number of furan rings is 1. The van der Waals surface area contributed by atoms with Gasteiger partial charge >= 0.3 is 0 Å². The lowest BCUT2D eigenvalue weighted by molar-refractivity contribution is -0.116. The van der Waals surface area contributed by atoms with Crippen LogP contribution in [0.15, 0.2) is 53.3 Å². The lowest BCUT2D eigenvalue weighted by Gasteiger charge is -2.25. The average molecular weight is 323 g/mol. The van der Waals surface area contributed by atoms with E-state index in [0.717, 1.165) is 28.5 Å². The highest BCUT2D eigenvalue weighted by atomic mass is 16.5. The number of aromatic nitrogens is 2. The molecule has 0 fully saturated rings. The van der Waals surface area contributed by atoms with E-state index < -0.39 is 0 Å². The third kappa shape index (κ3) is 2.46. The Morgan fingerprint density at radius 1 is 1.29 bits per heavy atom. The zero-order valence-electron chi connectivity index (χ0n) is 13.2. The summed E-state index contributed by atoms with van der Waals surface area (Å²) < 4.78 is 12.6. The van der Waals surface area contributed by atoms with Crippen molar-refractivity contribution in [1.29, 1.82) is 0 Å². The van der Waals surface area contributed by atoms with Crippen LogP contribution < -0.4 is 10.1 Å². The Morgan fingerprint density at radius 3 is 2.96 bits per heavy atom. The summed E-state index contributed by atoms with van der Waals surface area (Å²) in [5.74, 6) is 2.19. The molecule has 0 saturated carbocycles. The van der Waals surface area contributed by atoms with E-state index in [0.29, 0.717) is 13.0 Å². The molecule has 3 aromatic rings. The van der Waals surface area contributed by atoms with E-state index in [1.165, 1.54) is 0 Å². The molecule has 1 atom stereocenters. The molecule has 2 aromatic heterocycles. The number of hydrogen-bond donors (Lipinski definition) is 1. The van der Waals surface area contributed by atoms with Crippen molar-refractivity contribution in [2.75, 3.05) is 12.4 Å². The Labute approximate surface area is 139 Å². The molecule has 0 spiro atoms. The monoisotopic (exact) mass is 323 g/mol. The molecule has 1 aliphatic rings. The van der Waals surface area contributed by atoms with Crippen LogP contribution in [0.25, 0.3) is 0 Å². The van der Waals surface area contributed by atoms with Crippen LogP contribution in [0.4, 0.5) is 5.82 Å². The molecule has 1 N–H and O–H groups in total. The van der Waals surface area contributed by atoms with Gasteiger partial charge in [0, 0.05) is 23.5 Å². The van der Waals surface area contributed by atoms with E-state index in [9.17, 15) is 4.79 Å². The van der Waals surface area contributed by atoms with Gasteiger partial charge in [-0.05, 0) is 18.2 Å². The van der Waals surface area contributed by atoms with E-state index in [4.69, 9.17) is 9.15 Å². The highest BCUT2D eigenvalue weighted by Gasteiger charge is 2.31. The number of benzene rings is 1. The molecule has 24 heavy (non-hydrogen) atoms. The van der Waals surface area contributed by atoms with Crippen molar-refractivity contribution < 1.29 is 13.9 Å². The van der Waals surface area contributed by atoms with Gasteiger partial charge in [0.2, 0.25) is 5.91 Å². The topological polar surface area (TPSA) is 69.3 Å². The van der Waals surface area contributed by atoms with Crippen LogP contribution in [0.5, 0.6) is 5.75 Å². The minimum absolute atomic E-state index is 0.0281. The second-order valence-electron chi connectivity index (χ2n) is 5.73. The summed E-state index contributed by atoms with van der Waals surface area (Å²) in [5.41, 5.74) is 1.99. The number of methoxy groups -OCH3 is 1. The molecule has 3 heterocycles. The van der Waals surface area contributed by atoms with Crippen molar-refractivity contribution in [3.63, 3.8) is 0 Å². The number of fused-ring (bicyclic) bond motifs is 1. The molecule has 6 heteroatoms. The Bertz CT molecular complexity index is 868. The molecule has 4 rings (SSSR count). The normalized spacial score (nSPS) is 16.5. The average Bonchev–Trinajstić information content (AvgIpc) is 3.25. The maximum atomic E-state index is 12.2. The van der Waals surface area contributed by atoms with Crippen LogP contribution in [-0.2, 0) is 11.3 Å². The first-order valence-electron chi connectivity index (χ1n) is 7.77. The molecule has 0 aliphatic carbocycles. The molecule has 6 nitrogen and oxygen atoms in total. The van der Waals surface area contributed by atoms with E-state index in [1.807, 2.05) is 42.6 Å². The SMILES string of the molecule is COc1ccccc1[C@@H]1CC(=O)Nc2c1cnn2Cc1ccco1. The van der Waals surface area contributed by atoms with Crippen molar-refractivity contribution in [3.8, 4) is 5.75 Å². The maximum absolute atomic E-state index is 12.2. The van der Waals surface area contributed by atoms with Gasteiger partial charge in [-0.2, -0.15) is 5.10 Å². The molecule has 122 valence electrons. The number of anilines is 1. The van der Waals surface area contributed by atoms with Crippen molar-refractivity contribution in [3.05, 3.63) is 65.7 Å². The Hall–Kier alpha value is -3.02. The minimum atomic E-state index is -0.0738. The van der Waals surface area contributed by atoms with Crippen LogP contribution in [0, 0.1) is 0 Å². The molecule has 1 amide bonds. The van der Waals surface area contributed by atoms with Crippen molar-refractivity contribution in [2.45, 2.75) is 18.9 Å². The first-order chi connectivity index (χ1) is 11.8. The summed E-state index contributed by atoms with van der Waals surface area (Å²) in [6.45, 7) is 0.473.